The Balaban J connectivity index is 0. The average Bonchev–Trinajstić information content (AvgIpc) is 2.22. The summed E-state index contributed by atoms with van der Waals surface area (Å²) in [4.78, 5) is 9.25. The van der Waals surface area contributed by atoms with Crippen molar-refractivity contribution in [1.29, 1.82) is 0 Å². The molecule has 3 N–H and O–H groups in total. The molecule has 0 aromatic carbocycles. The van der Waals surface area contributed by atoms with Crippen LogP contribution in [-0.4, -0.2) is 59.9 Å². The van der Waals surface area contributed by atoms with E-state index in [0.29, 0.717) is 26.4 Å². The highest BCUT2D eigenvalue weighted by Crippen LogP contribution is 2.00. The second kappa shape index (κ2) is 11.5. The fourth-order valence-electron chi connectivity index (χ4n) is 0.606. The molecule has 0 aliphatic rings. The number of ether oxygens (including phenoxy) is 2. The molecule has 0 saturated heterocycles. The summed E-state index contributed by atoms with van der Waals surface area (Å²) in [7, 11) is 0. The molecule has 6 nitrogen and oxygen atoms in total. The van der Waals surface area contributed by atoms with Crippen LogP contribution in [0, 0.1) is 0 Å². The lowest BCUT2D eigenvalue weighted by atomic mass is 10.2. The molecule has 0 bridgehead atoms. The van der Waals surface area contributed by atoms with Crippen LogP contribution in [0.3, 0.4) is 0 Å². The first-order valence-corrected chi connectivity index (χ1v) is 5.17. The van der Waals surface area contributed by atoms with Gasteiger partial charge in [-0.05, 0) is 13.8 Å². The number of carbonyl (C=O) groups is 1. The number of aliphatic hydroxyl groups is 2. The number of rotatable bonds is 8. The van der Waals surface area contributed by atoms with Crippen molar-refractivity contribution in [2.75, 3.05) is 33.0 Å². The molecule has 0 saturated carbocycles. The third kappa shape index (κ3) is 25.4. The van der Waals surface area contributed by atoms with Crippen molar-refractivity contribution in [3.05, 3.63) is 12.7 Å². The number of hydrogen-bond acceptors (Lipinski definition) is 5. The van der Waals surface area contributed by atoms with Gasteiger partial charge < -0.3 is 24.8 Å². The summed E-state index contributed by atoms with van der Waals surface area (Å²) < 4.78 is 10.0. The van der Waals surface area contributed by atoms with E-state index in [1.807, 2.05) is 0 Å². The van der Waals surface area contributed by atoms with Crippen LogP contribution in [0.25, 0.3) is 0 Å². The highest BCUT2D eigenvalue weighted by atomic mass is 16.5. The molecule has 6 heteroatoms. The molecule has 0 aromatic rings. The summed E-state index contributed by atoms with van der Waals surface area (Å²) in [6, 6.07) is 0. The van der Waals surface area contributed by atoms with Crippen molar-refractivity contribution >= 4 is 5.97 Å². The Bertz CT molecular complexity index is 197. The molecule has 0 atom stereocenters. The second-order valence-corrected chi connectivity index (χ2v) is 3.74. The monoisotopic (exact) mass is 250 g/mol. The van der Waals surface area contributed by atoms with Gasteiger partial charge in [-0.2, -0.15) is 0 Å². The Kier molecular flexibility index (Phi) is 12.5. The maximum atomic E-state index is 9.25. The molecule has 0 heterocycles. The summed E-state index contributed by atoms with van der Waals surface area (Å²) in [6.45, 7) is 7.90. The van der Waals surface area contributed by atoms with Crippen LogP contribution in [0.2, 0.25) is 0 Å². The van der Waals surface area contributed by atoms with Gasteiger partial charge in [-0.15, -0.1) is 0 Å². The Labute approximate surface area is 101 Å². The summed E-state index contributed by atoms with van der Waals surface area (Å²) in [5, 5.41) is 25.2. The Morgan fingerprint density at radius 3 is 2.12 bits per heavy atom. The number of carboxylic acid groups (broad SMARTS) is 1. The molecule has 17 heavy (non-hydrogen) atoms. The van der Waals surface area contributed by atoms with Crippen LogP contribution in [-0.2, 0) is 14.3 Å². The third-order valence-corrected chi connectivity index (χ3v) is 1.24. The molecule has 0 fully saturated rings. The fourth-order valence-corrected chi connectivity index (χ4v) is 0.606. The molecule has 0 spiro atoms. The SMILES string of the molecule is C=CC(=O)O.CC(C)(O)COCCOCCO. The van der Waals surface area contributed by atoms with E-state index in [4.69, 9.17) is 19.7 Å². The van der Waals surface area contributed by atoms with Crippen LogP contribution in [0.4, 0.5) is 0 Å². The van der Waals surface area contributed by atoms with E-state index in [-0.39, 0.29) is 6.61 Å². The zero-order valence-corrected chi connectivity index (χ0v) is 10.4. The maximum Gasteiger partial charge on any atom is 0.327 e. The minimum atomic E-state index is -0.981. The van der Waals surface area contributed by atoms with Crippen LogP contribution >= 0.6 is 0 Å². The number of carboxylic acids is 1. The molecule has 0 aromatic heterocycles. The van der Waals surface area contributed by atoms with E-state index in [2.05, 4.69) is 6.58 Å². The van der Waals surface area contributed by atoms with E-state index in [0.717, 1.165) is 6.08 Å². The van der Waals surface area contributed by atoms with Crippen LogP contribution in [0.5, 0.6) is 0 Å². The lowest BCUT2D eigenvalue weighted by Gasteiger charge is -2.16. The van der Waals surface area contributed by atoms with E-state index in [1.165, 1.54) is 0 Å². The van der Waals surface area contributed by atoms with Crippen LogP contribution < -0.4 is 0 Å². The topological polar surface area (TPSA) is 96.2 Å². The minimum absolute atomic E-state index is 0.0332. The van der Waals surface area contributed by atoms with E-state index >= 15 is 0 Å². The van der Waals surface area contributed by atoms with Gasteiger partial charge in [0.1, 0.15) is 0 Å². The fraction of sp³-hybridized carbons (Fsp3) is 0.727. The first-order valence-electron chi connectivity index (χ1n) is 5.17. The Morgan fingerprint density at radius 1 is 1.29 bits per heavy atom. The molecule has 0 amide bonds. The molecule has 0 aliphatic carbocycles. The summed E-state index contributed by atoms with van der Waals surface area (Å²) in [6.07, 6.45) is 0.833. The minimum Gasteiger partial charge on any atom is -0.478 e. The van der Waals surface area contributed by atoms with Crippen molar-refractivity contribution in [1.82, 2.24) is 0 Å². The highest BCUT2D eigenvalue weighted by molar-refractivity contribution is 5.78. The molecule has 0 unspecified atom stereocenters. The number of aliphatic carboxylic acids is 1. The largest absolute Gasteiger partial charge is 0.478 e. The van der Waals surface area contributed by atoms with Gasteiger partial charge in [0.2, 0.25) is 0 Å². The normalized spacial score (nSPS) is 10.4. The number of aliphatic hydroxyl groups excluding tert-OH is 1. The van der Waals surface area contributed by atoms with Crippen molar-refractivity contribution in [2.24, 2.45) is 0 Å². The highest BCUT2D eigenvalue weighted by Gasteiger charge is 2.11. The van der Waals surface area contributed by atoms with Gasteiger partial charge in [0.15, 0.2) is 0 Å². The van der Waals surface area contributed by atoms with Gasteiger partial charge in [-0.3, -0.25) is 0 Å². The van der Waals surface area contributed by atoms with Crippen molar-refractivity contribution in [3.63, 3.8) is 0 Å². The standard InChI is InChI=1S/C8H18O4.C3H4O2/c1-8(2,10)7-12-6-5-11-4-3-9;1-2-3(4)5/h9-10H,3-7H2,1-2H3;2H,1H2,(H,4,5). The lowest BCUT2D eigenvalue weighted by molar-refractivity contribution is -0.131. The van der Waals surface area contributed by atoms with Crippen molar-refractivity contribution in [2.45, 2.75) is 19.4 Å². The van der Waals surface area contributed by atoms with Crippen molar-refractivity contribution < 1.29 is 29.6 Å². The molecular formula is C11H22O6. The Morgan fingerprint density at radius 2 is 1.76 bits per heavy atom. The van der Waals surface area contributed by atoms with Crippen LogP contribution in [0.15, 0.2) is 12.7 Å². The van der Waals surface area contributed by atoms with Gasteiger partial charge in [0.05, 0.1) is 38.6 Å². The lowest BCUT2D eigenvalue weighted by Crippen LogP contribution is -2.27. The average molecular weight is 250 g/mol. The first kappa shape index (κ1) is 18.4. The molecule has 102 valence electrons. The number of hydrogen-bond donors (Lipinski definition) is 3. The predicted molar refractivity (Wildman–Crippen MR) is 62.9 cm³/mol. The van der Waals surface area contributed by atoms with E-state index in [9.17, 15) is 9.90 Å². The molecule has 0 rings (SSSR count). The van der Waals surface area contributed by atoms with E-state index in [1.54, 1.807) is 13.8 Å². The van der Waals surface area contributed by atoms with Gasteiger partial charge in [0, 0.05) is 6.08 Å². The predicted octanol–water partition coefficient (Wildman–Crippen LogP) is 0.0398. The summed E-state index contributed by atoms with van der Waals surface area (Å²) >= 11 is 0. The van der Waals surface area contributed by atoms with Gasteiger partial charge in [0.25, 0.3) is 0 Å². The molecule has 0 radical (unpaired) electrons. The molecule has 0 aliphatic heterocycles. The van der Waals surface area contributed by atoms with Gasteiger partial charge in [-0.25, -0.2) is 4.79 Å². The molecular weight excluding hydrogens is 228 g/mol. The zero-order valence-electron chi connectivity index (χ0n) is 10.4. The van der Waals surface area contributed by atoms with E-state index < -0.39 is 11.6 Å². The first-order chi connectivity index (χ1) is 7.83. The third-order valence-electron chi connectivity index (χ3n) is 1.24. The van der Waals surface area contributed by atoms with Gasteiger partial charge in [-0.1, -0.05) is 6.58 Å². The van der Waals surface area contributed by atoms with Crippen molar-refractivity contribution in [3.8, 4) is 0 Å². The maximum absolute atomic E-state index is 9.25. The quantitative estimate of drug-likeness (QED) is 0.416. The van der Waals surface area contributed by atoms with Gasteiger partial charge >= 0.3 is 5.97 Å². The smallest absolute Gasteiger partial charge is 0.327 e. The second-order valence-electron chi connectivity index (χ2n) is 3.74. The van der Waals surface area contributed by atoms with Crippen LogP contribution in [0.1, 0.15) is 13.8 Å². The summed E-state index contributed by atoms with van der Waals surface area (Å²) in [5.74, 6) is -0.981. The Hall–Kier alpha value is -0.950. The zero-order chi connectivity index (χ0) is 13.7. The summed E-state index contributed by atoms with van der Waals surface area (Å²) in [5.41, 5.74) is -0.781.